The van der Waals surface area contributed by atoms with Crippen LogP contribution in [0, 0.1) is 47.0 Å². The first-order valence-corrected chi connectivity index (χ1v) is 13.9. The van der Waals surface area contributed by atoms with Gasteiger partial charge in [0.2, 0.25) is 0 Å². The third-order valence-corrected chi connectivity index (χ3v) is 8.15. The molecule has 2 aromatic heterocycles. The quantitative estimate of drug-likeness (QED) is 0.234. The Morgan fingerprint density at radius 1 is 0.564 bits per heavy atom. The fraction of sp³-hybridized carbons (Fsp3) is 0.371. The second-order valence-electron chi connectivity index (χ2n) is 12.1. The number of pyridine rings is 2. The molecule has 0 N–H and O–H groups in total. The molecule has 0 radical (unpaired) electrons. The van der Waals surface area contributed by atoms with Gasteiger partial charge in [0.05, 0.1) is 35.2 Å². The fourth-order valence-electron chi connectivity index (χ4n) is 5.45. The minimum Gasteiger partial charge on any atom is -0.373 e. The van der Waals surface area contributed by atoms with Gasteiger partial charge >= 0.3 is 0 Å². The molecule has 2 heterocycles. The van der Waals surface area contributed by atoms with Crippen LogP contribution >= 0.6 is 0 Å². The Kier molecular flexibility index (Phi) is 8.15. The third-order valence-electron chi connectivity index (χ3n) is 8.15. The number of hydrogen-bond acceptors (Lipinski definition) is 4. The van der Waals surface area contributed by atoms with Gasteiger partial charge in [0, 0.05) is 38.3 Å². The number of nitrogens with zero attached hydrogens (tertiary/aromatic N) is 4. The molecule has 0 amide bonds. The second-order valence-corrected chi connectivity index (χ2v) is 12.1. The number of aryl methyl sites for hydroxylation is 4. The van der Waals surface area contributed by atoms with Crippen molar-refractivity contribution in [3.63, 3.8) is 0 Å². The lowest BCUT2D eigenvalue weighted by atomic mass is 9.91. The van der Waals surface area contributed by atoms with E-state index in [-0.39, 0.29) is 5.41 Å². The first-order valence-electron chi connectivity index (χ1n) is 13.9. The molecule has 0 spiro atoms. The van der Waals surface area contributed by atoms with Crippen LogP contribution in [0.4, 0.5) is 11.4 Å². The standard InChI is InChI=1S/C35H44N4/c1-23-15-29(16-24(2)27(23)5)33-13-11-31(19-36-33)38(9)21-35(7,8)22-39(10)32-12-14-34(37-20-32)30-17-25(3)28(6)26(4)18-30/h11-20H,21-22H2,1-10H3. The van der Waals surface area contributed by atoms with Gasteiger partial charge in [-0.25, -0.2) is 0 Å². The normalized spacial score (nSPS) is 11.5. The van der Waals surface area contributed by atoms with Crippen LogP contribution in [0.5, 0.6) is 0 Å². The number of benzene rings is 2. The van der Waals surface area contributed by atoms with Crippen molar-refractivity contribution < 1.29 is 0 Å². The SMILES string of the molecule is Cc1cc(-c2ccc(N(C)CC(C)(C)CN(C)c3ccc(-c4cc(C)c(C)c(C)c4)nc3)cn2)cc(C)c1C. The largest absolute Gasteiger partial charge is 0.373 e. The van der Waals surface area contributed by atoms with Crippen molar-refractivity contribution in [2.24, 2.45) is 5.41 Å². The van der Waals surface area contributed by atoms with E-state index in [1.54, 1.807) is 0 Å². The monoisotopic (exact) mass is 520 g/mol. The van der Waals surface area contributed by atoms with E-state index in [0.29, 0.717) is 0 Å². The van der Waals surface area contributed by atoms with Gasteiger partial charge in [0.25, 0.3) is 0 Å². The average Bonchev–Trinajstić information content (AvgIpc) is 2.89. The summed E-state index contributed by atoms with van der Waals surface area (Å²) in [5.74, 6) is 0. The van der Waals surface area contributed by atoms with Crippen LogP contribution in [0.25, 0.3) is 22.5 Å². The summed E-state index contributed by atoms with van der Waals surface area (Å²) in [4.78, 5) is 14.2. The van der Waals surface area contributed by atoms with E-state index < -0.39 is 0 Å². The maximum atomic E-state index is 4.81. The molecule has 39 heavy (non-hydrogen) atoms. The summed E-state index contributed by atoms with van der Waals surface area (Å²) in [6.07, 6.45) is 3.99. The Balaban J connectivity index is 1.41. The number of aromatic nitrogens is 2. The van der Waals surface area contributed by atoms with Gasteiger partial charge in [-0.3, -0.25) is 9.97 Å². The highest BCUT2D eigenvalue weighted by molar-refractivity contribution is 5.65. The van der Waals surface area contributed by atoms with Crippen molar-refractivity contribution in [3.05, 3.63) is 94.3 Å². The van der Waals surface area contributed by atoms with Crippen LogP contribution in [-0.4, -0.2) is 37.2 Å². The Bertz CT molecular complexity index is 1290. The van der Waals surface area contributed by atoms with Crippen LogP contribution in [0.2, 0.25) is 0 Å². The Morgan fingerprint density at radius 2 is 0.897 bits per heavy atom. The molecule has 0 aliphatic heterocycles. The summed E-state index contributed by atoms with van der Waals surface area (Å²) in [5, 5.41) is 0. The highest BCUT2D eigenvalue weighted by Gasteiger charge is 2.23. The number of rotatable bonds is 8. The van der Waals surface area contributed by atoms with Gasteiger partial charge < -0.3 is 9.80 Å². The smallest absolute Gasteiger partial charge is 0.0703 e. The van der Waals surface area contributed by atoms with E-state index >= 15 is 0 Å². The van der Waals surface area contributed by atoms with Gasteiger partial charge in [-0.2, -0.15) is 0 Å². The number of hydrogen-bond donors (Lipinski definition) is 0. The first-order chi connectivity index (χ1) is 18.3. The summed E-state index contributed by atoms with van der Waals surface area (Å²) in [6, 6.07) is 17.6. The predicted molar refractivity (Wildman–Crippen MR) is 168 cm³/mol. The van der Waals surface area contributed by atoms with Crippen molar-refractivity contribution in [2.75, 3.05) is 37.0 Å². The first kappa shape index (κ1) is 28.4. The zero-order valence-electron chi connectivity index (χ0n) is 25.5. The van der Waals surface area contributed by atoms with Gasteiger partial charge in [-0.15, -0.1) is 0 Å². The molecule has 0 saturated heterocycles. The molecule has 4 nitrogen and oxygen atoms in total. The van der Waals surface area contributed by atoms with Crippen LogP contribution in [0.3, 0.4) is 0 Å². The molecule has 0 fully saturated rings. The molecular weight excluding hydrogens is 476 g/mol. The van der Waals surface area contributed by atoms with Crippen molar-refractivity contribution in [1.29, 1.82) is 0 Å². The third kappa shape index (κ3) is 6.50. The van der Waals surface area contributed by atoms with E-state index in [0.717, 1.165) is 35.9 Å². The Labute approximate surface area is 235 Å². The molecule has 2 aromatic carbocycles. The maximum absolute atomic E-state index is 4.81. The average molecular weight is 521 g/mol. The summed E-state index contributed by atoms with van der Waals surface area (Å²) in [6.45, 7) is 19.5. The van der Waals surface area contributed by atoms with Crippen LogP contribution < -0.4 is 9.80 Å². The van der Waals surface area contributed by atoms with Crippen LogP contribution in [0.15, 0.2) is 60.9 Å². The topological polar surface area (TPSA) is 32.3 Å². The minimum atomic E-state index is 0.0528. The Morgan fingerprint density at radius 3 is 1.18 bits per heavy atom. The maximum Gasteiger partial charge on any atom is 0.0703 e. The van der Waals surface area contributed by atoms with E-state index in [2.05, 4.69) is 128 Å². The molecule has 0 unspecified atom stereocenters. The van der Waals surface area contributed by atoms with Gasteiger partial charge in [-0.1, -0.05) is 13.8 Å². The van der Waals surface area contributed by atoms with Gasteiger partial charge in [-0.05, 0) is 129 Å². The summed E-state index contributed by atoms with van der Waals surface area (Å²) < 4.78 is 0. The molecule has 204 valence electrons. The lowest BCUT2D eigenvalue weighted by molar-refractivity contribution is 0.378. The van der Waals surface area contributed by atoms with E-state index in [1.807, 2.05) is 12.4 Å². The second kappa shape index (κ2) is 11.2. The molecule has 0 aliphatic rings. The molecule has 0 atom stereocenters. The predicted octanol–water partition coefficient (Wildman–Crippen LogP) is 8.26. The van der Waals surface area contributed by atoms with Crippen molar-refractivity contribution in [3.8, 4) is 22.5 Å². The molecule has 4 heteroatoms. The Hall–Kier alpha value is -3.66. The van der Waals surface area contributed by atoms with Crippen molar-refractivity contribution >= 4 is 11.4 Å². The number of anilines is 2. The lowest BCUT2D eigenvalue weighted by Crippen LogP contribution is -2.40. The summed E-state index contributed by atoms with van der Waals surface area (Å²) in [7, 11) is 4.31. The van der Waals surface area contributed by atoms with Gasteiger partial charge in [0.1, 0.15) is 0 Å². The summed E-state index contributed by atoms with van der Waals surface area (Å²) >= 11 is 0. The minimum absolute atomic E-state index is 0.0528. The van der Waals surface area contributed by atoms with Crippen molar-refractivity contribution in [1.82, 2.24) is 9.97 Å². The van der Waals surface area contributed by atoms with Gasteiger partial charge in [0.15, 0.2) is 0 Å². The molecular formula is C35H44N4. The zero-order chi connectivity index (χ0) is 28.5. The van der Waals surface area contributed by atoms with Crippen LogP contribution in [-0.2, 0) is 0 Å². The van der Waals surface area contributed by atoms with E-state index in [4.69, 9.17) is 9.97 Å². The summed E-state index contributed by atoms with van der Waals surface area (Å²) in [5.41, 5.74) is 14.6. The fourth-order valence-corrected chi connectivity index (χ4v) is 5.45. The molecule has 0 aliphatic carbocycles. The highest BCUT2D eigenvalue weighted by atomic mass is 15.1. The molecule has 0 saturated carbocycles. The molecule has 0 bridgehead atoms. The van der Waals surface area contributed by atoms with E-state index in [1.165, 1.54) is 44.5 Å². The lowest BCUT2D eigenvalue weighted by Gasteiger charge is -2.35. The molecule has 4 aromatic rings. The molecule has 4 rings (SSSR count). The van der Waals surface area contributed by atoms with Crippen molar-refractivity contribution in [2.45, 2.75) is 55.4 Å². The van der Waals surface area contributed by atoms with Crippen LogP contribution in [0.1, 0.15) is 47.2 Å². The van der Waals surface area contributed by atoms with E-state index in [9.17, 15) is 0 Å². The zero-order valence-corrected chi connectivity index (χ0v) is 25.5. The highest BCUT2D eigenvalue weighted by Crippen LogP contribution is 2.29.